The fourth-order valence-corrected chi connectivity index (χ4v) is 2.54. The molecule has 1 aliphatic rings. The molecule has 0 aromatic carbocycles. The molecule has 0 spiro atoms. The zero-order valence-corrected chi connectivity index (χ0v) is 11.4. The van der Waals surface area contributed by atoms with E-state index in [1.807, 2.05) is 0 Å². The lowest BCUT2D eigenvalue weighted by atomic mass is 10.1. The first-order chi connectivity index (χ1) is 7.91. The average molecular weight is 240 g/mol. The van der Waals surface area contributed by atoms with Gasteiger partial charge in [0.2, 0.25) is 5.91 Å². The van der Waals surface area contributed by atoms with Crippen molar-refractivity contribution in [3.8, 4) is 0 Å². The largest absolute Gasteiger partial charge is 0.338 e. The van der Waals surface area contributed by atoms with Gasteiger partial charge in [-0.3, -0.25) is 14.5 Å². The van der Waals surface area contributed by atoms with E-state index < -0.39 is 0 Å². The van der Waals surface area contributed by atoms with Crippen molar-refractivity contribution in [2.75, 3.05) is 20.1 Å². The van der Waals surface area contributed by atoms with Gasteiger partial charge in [-0.1, -0.05) is 0 Å². The Kier molecular flexibility index (Phi) is 5.12. The van der Waals surface area contributed by atoms with Crippen molar-refractivity contribution in [2.24, 2.45) is 0 Å². The number of likely N-dealkylation sites (N-methyl/N-ethyl adjacent to an activating group) is 1. The third-order valence-corrected chi connectivity index (χ3v) is 3.38. The lowest BCUT2D eigenvalue weighted by Gasteiger charge is -2.29. The Bertz CT molecular complexity index is 289. The van der Waals surface area contributed by atoms with Crippen molar-refractivity contribution in [1.82, 2.24) is 9.80 Å². The van der Waals surface area contributed by atoms with E-state index in [4.69, 9.17) is 0 Å². The van der Waals surface area contributed by atoms with Crippen LogP contribution in [-0.2, 0) is 9.59 Å². The van der Waals surface area contributed by atoms with Crippen LogP contribution in [0.5, 0.6) is 0 Å². The predicted octanol–water partition coefficient (Wildman–Crippen LogP) is 1.30. The van der Waals surface area contributed by atoms with E-state index in [9.17, 15) is 9.59 Å². The van der Waals surface area contributed by atoms with Crippen LogP contribution in [0.15, 0.2) is 0 Å². The molecule has 0 aliphatic carbocycles. The average Bonchev–Trinajstić information content (AvgIpc) is 2.64. The molecule has 1 saturated heterocycles. The molecule has 0 aromatic rings. The van der Waals surface area contributed by atoms with Gasteiger partial charge in [0.15, 0.2) is 0 Å². The first-order valence-corrected chi connectivity index (χ1v) is 6.41. The summed E-state index contributed by atoms with van der Waals surface area (Å²) in [5.74, 6) is 0.116. The third-order valence-electron chi connectivity index (χ3n) is 3.38. The number of hydrogen-bond acceptors (Lipinski definition) is 3. The van der Waals surface area contributed by atoms with Crippen LogP contribution in [0.2, 0.25) is 0 Å². The molecule has 1 atom stereocenters. The molecule has 0 unspecified atom stereocenters. The summed E-state index contributed by atoms with van der Waals surface area (Å²) >= 11 is 0. The van der Waals surface area contributed by atoms with Gasteiger partial charge in [-0.15, -0.1) is 0 Å². The minimum atomic E-state index is 0.0352. The van der Waals surface area contributed by atoms with E-state index >= 15 is 0 Å². The van der Waals surface area contributed by atoms with Crippen LogP contribution < -0.4 is 0 Å². The Morgan fingerprint density at radius 3 is 2.59 bits per heavy atom. The fourth-order valence-electron chi connectivity index (χ4n) is 2.54. The van der Waals surface area contributed by atoms with Gasteiger partial charge in [0.05, 0.1) is 6.54 Å². The second kappa shape index (κ2) is 6.15. The zero-order chi connectivity index (χ0) is 13.0. The number of hydrogen-bond donors (Lipinski definition) is 0. The van der Waals surface area contributed by atoms with Gasteiger partial charge in [0, 0.05) is 25.6 Å². The van der Waals surface area contributed by atoms with Gasteiger partial charge in [-0.25, -0.2) is 0 Å². The number of carbonyl (C=O) groups excluding carboxylic acids is 2. The Hall–Kier alpha value is -0.900. The summed E-state index contributed by atoms with van der Waals surface area (Å²) in [5, 5.41) is 0. The van der Waals surface area contributed by atoms with Crippen LogP contribution in [0.4, 0.5) is 0 Å². The number of rotatable bonds is 5. The number of likely N-dealkylation sites (tertiary alicyclic amines) is 1. The van der Waals surface area contributed by atoms with Gasteiger partial charge < -0.3 is 4.90 Å². The van der Waals surface area contributed by atoms with Gasteiger partial charge in [-0.2, -0.15) is 0 Å². The zero-order valence-electron chi connectivity index (χ0n) is 11.4. The van der Waals surface area contributed by atoms with Crippen LogP contribution in [0.25, 0.3) is 0 Å². The molecule has 98 valence electrons. The Labute approximate surface area is 104 Å². The van der Waals surface area contributed by atoms with E-state index in [2.05, 4.69) is 18.7 Å². The van der Waals surface area contributed by atoms with Crippen LogP contribution in [0, 0.1) is 0 Å². The molecular weight excluding hydrogens is 216 g/mol. The quantitative estimate of drug-likeness (QED) is 0.727. The molecule has 0 radical (unpaired) electrons. The molecule has 1 aliphatic heterocycles. The number of ketones is 1. The van der Waals surface area contributed by atoms with Crippen molar-refractivity contribution < 1.29 is 9.59 Å². The van der Waals surface area contributed by atoms with Gasteiger partial charge in [0.25, 0.3) is 0 Å². The molecule has 0 saturated carbocycles. The molecule has 4 heteroatoms. The molecular formula is C13H24N2O2. The Morgan fingerprint density at radius 1 is 1.41 bits per heavy atom. The molecule has 4 nitrogen and oxygen atoms in total. The second-order valence-electron chi connectivity index (χ2n) is 5.28. The smallest absolute Gasteiger partial charge is 0.224 e. The lowest BCUT2D eigenvalue weighted by Crippen LogP contribution is -2.40. The summed E-state index contributed by atoms with van der Waals surface area (Å²) in [6.45, 7) is 7.17. The maximum absolute atomic E-state index is 11.9. The van der Waals surface area contributed by atoms with Gasteiger partial charge >= 0.3 is 0 Å². The monoisotopic (exact) mass is 240 g/mol. The van der Waals surface area contributed by atoms with E-state index in [0.717, 1.165) is 13.0 Å². The number of Topliss-reactive ketones (excluding diaryl/α,β-unsaturated/α-hetero) is 1. The van der Waals surface area contributed by atoms with Crippen LogP contribution in [-0.4, -0.2) is 53.7 Å². The second-order valence-corrected chi connectivity index (χ2v) is 5.28. The summed E-state index contributed by atoms with van der Waals surface area (Å²) in [7, 11) is 1.71. The molecule has 1 heterocycles. The molecule has 1 rings (SSSR count). The van der Waals surface area contributed by atoms with E-state index in [1.165, 1.54) is 13.3 Å². The molecule has 1 fully saturated rings. The standard InChI is InChI=1S/C13H24N2O2/c1-10(2)15-7-5-6-12(15)8-13(17)14(4)9-11(3)16/h10,12H,5-9H2,1-4H3/t12-/m0/s1. The molecule has 0 bridgehead atoms. The van der Waals surface area contributed by atoms with Crippen molar-refractivity contribution in [1.29, 1.82) is 0 Å². The highest BCUT2D eigenvalue weighted by Crippen LogP contribution is 2.22. The highest BCUT2D eigenvalue weighted by molar-refractivity contribution is 5.84. The minimum Gasteiger partial charge on any atom is -0.338 e. The van der Waals surface area contributed by atoms with Gasteiger partial charge in [-0.05, 0) is 40.2 Å². The first kappa shape index (κ1) is 14.2. The Balaban J connectivity index is 2.47. The van der Waals surface area contributed by atoms with Crippen LogP contribution in [0.3, 0.4) is 0 Å². The summed E-state index contributed by atoms with van der Waals surface area (Å²) in [5.41, 5.74) is 0. The maximum Gasteiger partial charge on any atom is 0.224 e. The van der Waals surface area contributed by atoms with E-state index in [-0.39, 0.29) is 18.2 Å². The fraction of sp³-hybridized carbons (Fsp3) is 0.846. The number of amides is 1. The molecule has 0 aromatic heterocycles. The van der Waals surface area contributed by atoms with Gasteiger partial charge in [0.1, 0.15) is 5.78 Å². The van der Waals surface area contributed by atoms with Crippen molar-refractivity contribution in [3.05, 3.63) is 0 Å². The van der Waals surface area contributed by atoms with E-state index in [1.54, 1.807) is 11.9 Å². The van der Waals surface area contributed by atoms with Crippen LogP contribution >= 0.6 is 0 Å². The highest BCUT2D eigenvalue weighted by Gasteiger charge is 2.29. The summed E-state index contributed by atoms with van der Waals surface area (Å²) < 4.78 is 0. The minimum absolute atomic E-state index is 0.0352. The normalized spacial score (nSPS) is 20.9. The lowest BCUT2D eigenvalue weighted by molar-refractivity contribution is -0.134. The third kappa shape index (κ3) is 4.11. The topological polar surface area (TPSA) is 40.6 Å². The molecule has 1 amide bonds. The maximum atomic E-state index is 11.9. The predicted molar refractivity (Wildman–Crippen MR) is 67.8 cm³/mol. The summed E-state index contributed by atoms with van der Waals surface area (Å²) in [6, 6.07) is 0.852. The van der Waals surface area contributed by atoms with E-state index in [0.29, 0.717) is 18.5 Å². The first-order valence-electron chi connectivity index (χ1n) is 6.41. The molecule has 17 heavy (non-hydrogen) atoms. The van der Waals surface area contributed by atoms with Crippen molar-refractivity contribution in [2.45, 2.75) is 52.1 Å². The number of nitrogens with zero attached hydrogens (tertiary/aromatic N) is 2. The Morgan fingerprint density at radius 2 is 2.06 bits per heavy atom. The summed E-state index contributed by atoms with van der Waals surface area (Å²) in [6.07, 6.45) is 2.81. The molecule has 0 N–H and O–H groups in total. The van der Waals surface area contributed by atoms with Crippen molar-refractivity contribution >= 4 is 11.7 Å². The van der Waals surface area contributed by atoms with Crippen LogP contribution in [0.1, 0.15) is 40.0 Å². The highest BCUT2D eigenvalue weighted by atomic mass is 16.2. The van der Waals surface area contributed by atoms with Crippen molar-refractivity contribution in [3.63, 3.8) is 0 Å². The SMILES string of the molecule is CC(=O)CN(C)C(=O)C[C@@H]1CCCN1C(C)C. The summed E-state index contributed by atoms with van der Waals surface area (Å²) in [4.78, 5) is 26.8. The number of carbonyl (C=O) groups is 2.